The van der Waals surface area contributed by atoms with Gasteiger partial charge in [0.15, 0.2) is 0 Å². The Balaban J connectivity index is 2.06. The van der Waals surface area contributed by atoms with Crippen LogP contribution in [0, 0.1) is 5.82 Å². The lowest BCUT2D eigenvalue weighted by Gasteiger charge is -2.08. The van der Waals surface area contributed by atoms with Crippen molar-refractivity contribution in [3.8, 4) is 0 Å². The van der Waals surface area contributed by atoms with Crippen molar-refractivity contribution < 1.29 is 14.0 Å². The van der Waals surface area contributed by atoms with Crippen LogP contribution < -0.4 is 10.6 Å². The topological polar surface area (TPSA) is 58.2 Å². The average molecular weight is 327 g/mol. The van der Waals surface area contributed by atoms with Crippen LogP contribution in [0.4, 0.5) is 15.8 Å². The van der Waals surface area contributed by atoms with Crippen molar-refractivity contribution in [1.82, 2.24) is 0 Å². The molecule has 4 nitrogen and oxygen atoms in total. The fourth-order valence-electron chi connectivity index (χ4n) is 1.53. The SMILES string of the molecule is O=C(Nc1cccc(F)c1)C(=O)Nc1cccc(Cl)c1Cl. The minimum absolute atomic E-state index is 0.131. The summed E-state index contributed by atoms with van der Waals surface area (Å²) in [4.78, 5) is 23.4. The van der Waals surface area contributed by atoms with Gasteiger partial charge in [-0.2, -0.15) is 0 Å². The molecule has 2 aromatic carbocycles. The lowest BCUT2D eigenvalue weighted by molar-refractivity contribution is -0.132. The summed E-state index contributed by atoms with van der Waals surface area (Å²) >= 11 is 11.7. The number of halogens is 3. The van der Waals surface area contributed by atoms with Gasteiger partial charge >= 0.3 is 11.8 Å². The summed E-state index contributed by atoms with van der Waals surface area (Å²) in [6.07, 6.45) is 0. The third-order valence-corrected chi connectivity index (χ3v) is 3.31. The molecule has 0 heterocycles. The molecule has 21 heavy (non-hydrogen) atoms. The zero-order valence-corrected chi connectivity index (χ0v) is 12.0. The summed E-state index contributed by atoms with van der Waals surface area (Å²) in [6.45, 7) is 0. The van der Waals surface area contributed by atoms with Gasteiger partial charge in [-0.15, -0.1) is 0 Å². The highest BCUT2D eigenvalue weighted by Crippen LogP contribution is 2.29. The first-order chi connectivity index (χ1) is 9.97. The van der Waals surface area contributed by atoms with Gasteiger partial charge in [-0.3, -0.25) is 9.59 Å². The molecule has 0 aliphatic rings. The molecule has 0 aromatic heterocycles. The summed E-state index contributed by atoms with van der Waals surface area (Å²) < 4.78 is 13.0. The monoisotopic (exact) mass is 326 g/mol. The van der Waals surface area contributed by atoms with Crippen molar-refractivity contribution in [2.45, 2.75) is 0 Å². The van der Waals surface area contributed by atoms with Crippen LogP contribution in [-0.2, 0) is 9.59 Å². The Hall–Kier alpha value is -2.11. The second-order valence-electron chi connectivity index (χ2n) is 4.02. The number of nitrogens with one attached hydrogen (secondary N) is 2. The zero-order valence-electron chi connectivity index (χ0n) is 10.5. The molecule has 108 valence electrons. The molecular weight excluding hydrogens is 318 g/mol. The van der Waals surface area contributed by atoms with Crippen molar-refractivity contribution >= 4 is 46.4 Å². The van der Waals surface area contributed by atoms with Gasteiger partial charge in [0.2, 0.25) is 0 Å². The molecule has 0 saturated heterocycles. The number of hydrogen-bond donors (Lipinski definition) is 2. The fourth-order valence-corrected chi connectivity index (χ4v) is 1.88. The molecule has 0 radical (unpaired) electrons. The first-order valence-corrected chi connectivity index (χ1v) is 6.55. The lowest BCUT2D eigenvalue weighted by Crippen LogP contribution is -2.29. The Morgan fingerprint density at radius 3 is 2.33 bits per heavy atom. The molecule has 7 heteroatoms. The highest BCUT2D eigenvalue weighted by molar-refractivity contribution is 6.47. The van der Waals surface area contributed by atoms with E-state index in [0.717, 1.165) is 6.07 Å². The Kier molecular flexibility index (Phi) is 4.77. The predicted octanol–water partition coefficient (Wildman–Crippen LogP) is 3.71. The Bertz CT molecular complexity index is 707. The number of carbonyl (C=O) groups is 2. The normalized spacial score (nSPS) is 10.0. The van der Waals surface area contributed by atoms with E-state index in [2.05, 4.69) is 10.6 Å². The number of rotatable bonds is 2. The lowest BCUT2D eigenvalue weighted by atomic mass is 10.3. The number of benzene rings is 2. The quantitative estimate of drug-likeness (QED) is 0.826. The van der Waals surface area contributed by atoms with Crippen LogP contribution in [0.3, 0.4) is 0 Å². The van der Waals surface area contributed by atoms with Crippen LogP contribution in [-0.4, -0.2) is 11.8 Å². The van der Waals surface area contributed by atoms with E-state index in [1.807, 2.05) is 0 Å². The summed E-state index contributed by atoms with van der Waals surface area (Å²) in [5, 5.41) is 4.97. The van der Waals surface area contributed by atoms with Gasteiger partial charge in [0.05, 0.1) is 15.7 Å². The van der Waals surface area contributed by atoms with Gasteiger partial charge in [-0.05, 0) is 30.3 Å². The fraction of sp³-hybridized carbons (Fsp3) is 0. The maximum atomic E-state index is 13.0. The van der Waals surface area contributed by atoms with E-state index >= 15 is 0 Å². The second kappa shape index (κ2) is 6.56. The molecule has 0 fully saturated rings. The Morgan fingerprint density at radius 2 is 1.62 bits per heavy atom. The van der Waals surface area contributed by atoms with Crippen molar-refractivity contribution in [3.05, 3.63) is 58.3 Å². The summed E-state index contributed by atoms with van der Waals surface area (Å²) in [5.74, 6) is -2.41. The van der Waals surface area contributed by atoms with Crippen LogP contribution in [0.5, 0.6) is 0 Å². The maximum Gasteiger partial charge on any atom is 0.314 e. The molecule has 0 unspecified atom stereocenters. The largest absolute Gasteiger partial charge is 0.318 e. The van der Waals surface area contributed by atoms with Crippen LogP contribution >= 0.6 is 23.2 Å². The average Bonchev–Trinajstić information content (AvgIpc) is 2.44. The van der Waals surface area contributed by atoms with E-state index in [0.29, 0.717) is 0 Å². The molecular formula is C14H9Cl2FN2O2. The minimum Gasteiger partial charge on any atom is -0.318 e. The van der Waals surface area contributed by atoms with E-state index in [1.165, 1.54) is 24.3 Å². The van der Waals surface area contributed by atoms with Crippen LogP contribution in [0.15, 0.2) is 42.5 Å². The second-order valence-corrected chi connectivity index (χ2v) is 4.81. The highest BCUT2D eigenvalue weighted by Gasteiger charge is 2.16. The summed E-state index contributed by atoms with van der Waals surface area (Å²) in [7, 11) is 0. The van der Waals surface area contributed by atoms with Gasteiger partial charge < -0.3 is 10.6 Å². The maximum absolute atomic E-state index is 13.0. The van der Waals surface area contributed by atoms with Gasteiger partial charge in [-0.25, -0.2) is 4.39 Å². The molecule has 2 rings (SSSR count). The molecule has 0 saturated carbocycles. The summed E-state index contributed by atoms with van der Waals surface area (Å²) in [6, 6.07) is 9.82. The molecule has 2 N–H and O–H groups in total. The van der Waals surface area contributed by atoms with Crippen LogP contribution in [0.2, 0.25) is 10.0 Å². The van der Waals surface area contributed by atoms with E-state index in [-0.39, 0.29) is 21.4 Å². The van der Waals surface area contributed by atoms with E-state index in [1.54, 1.807) is 12.1 Å². The molecule has 2 amide bonds. The predicted molar refractivity (Wildman–Crippen MR) is 80.1 cm³/mol. The van der Waals surface area contributed by atoms with E-state index in [4.69, 9.17) is 23.2 Å². The minimum atomic E-state index is -0.948. The zero-order chi connectivity index (χ0) is 15.4. The molecule has 0 aliphatic carbocycles. The van der Waals surface area contributed by atoms with Gasteiger partial charge in [-0.1, -0.05) is 35.3 Å². The van der Waals surface area contributed by atoms with Gasteiger partial charge in [0.1, 0.15) is 5.82 Å². The Labute approximate surface area is 129 Å². The molecule has 0 aliphatic heterocycles. The van der Waals surface area contributed by atoms with E-state index < -0.39 is 17.6 Å². The summed E-state index contributed by atoms with van der Waals surface area (Å²) in [5.41, 5.74) is 0.385. The third kappa shape index (κ3) is 3.93. The van der Waals surface area contributed by atoms with Crippen LogP contribution in [0.25, 0.3) is 0 Å². The first-order valence-electron chi connectivity index (χ1n) is 5.79. The van der Waals surface area contributed by atoms with Crippen molar-refractivity contribution in [2.24, 2.45) is 0 Å². The van der Waals surface area contributed by atoms with Crippen molar-refractivity contribution in [1.29, 1.82) is 0 Å². The third-order valence-electron chi connectivity index (χ3n) is 2.49. The smallest absolute Gasteiger partial charge is 0.314 e. The number of amides is 2. The van der Waals surface area contributed by atoms with E-state index in [9.17, 15) is 14.0 Å². The standard InChI is InChI=1S/C14H9Cl2FN2O2/c15-10-5-2-6-11(12(10)16)19-14(21)13(20)18-9-4-1-3-8(17)7-9/h1-7H,(H,18,20)(H,19,21). The Morgan fingerprint density at radius 1 is 0.952 bits per heavy atom. The first kappa shape index (κ1) is 15.3. The molecule has 2 aromatic rings. The number of hydrogen-bond acceptors (Lipinski definition) is 2. The van der Waals surface area contributed by atoms with Gasteiger partial charge in [0.25, 0.3) is 0 Å². The number of carbonyl (C=O) groups excluding carboxylic acids is 2. The van der Waals surface area contributed by atoms with Crippen molar-refractivity contribution in [3.63, 3.8) is 0 Å². The van der Waals surface area contributed by atoms with Crippen LogP contribution in [0.1, 0.15) is 0 Å². The molecule has 0 atom stereocenters. The van der Waals surface area contributed by atoms with Gasteiger partial charge in [0, 0.05) is 5.69 Å². The van der Waals surface area contributed by atoms with Crippen molar-refractivity contribution in [2.75, 3.05) is 10.6 Å². The molecule has 0 spiro atoms. The number of anilines is 2. The highest BCUT2D eigenvalue weighted by atomic mass is 35.5. The molecule has 0 bridgehead atoms.